The van der Waals surface area contributed by atoms with Crippen molar-refractivity contribution in [1.82, 2.24) is 15.5 Å². The molecule has 1 rings (SSSR count). The van der Waals surface area contributed by atoms with Gasteiger partial charge < -0.3 is 15.5 Å². The highest BCUT2D eigenvalue weighted by atomic mass is 16.4. The zero-order valence-corrected chi connectivity index (χ0v) is 11.1. The van der Waals surface area contributed by atoms with Gasteiger partial charge in [-0.1, -0.05) is 0 Å². The van der Waals surface area contributed by atoms with Crippen molar-refractivity contribution in [3.8, 4) is 0 Å². The van der Waals surface area contributed by atoms with Gasteiger partial charge in [0.05, 0.1) is 17.0 Å². The van der Waals surface area contributed by atoms with Gasteiger partial charge in [0, 0.05) is 6.42 Å². The van der Waals surface area contributed by atoms with Crippen molar-refractivity contribution in [3.63, 3.8) is 0 Å². The van der Waals surface area contributed by atoms with Crippen LogP contribution in [0.3, 0.4) is 0 Å². The number of nitrogens with one attached hydrogen (secondary N) is 1. The minimum atomic E-state index is -1.28. The number of rotatable bonds is 6. The van der Waals surface area contributed by atoms with Crippen LogP contribution in [0.1, 0.15) is 34.6 Å². The molecule has 3 N–H and O–H groups in total. The van der Waals surface area contributed by atoms with Gasteiger partial charge in [0.2, 0.25) is 0 Å². The van der Waals surface area contributed by atoms with Gasteiger partial charge in [-0.05, 0) is 26.3 Å². The van der Waals surface area contributed by atoms with Gasteiger partial charge in [0.15, 0.2) is 0 Å². The molecule has 0 aliphatic rings. The van der Waals surface area contributed by atoms with E-state index >= 15 is 0 Å². The molecule has 0 aliphatic heterocycles. The van der Waals surface area contributed by atoms with Gasteiger partial charge in [0.1, 0.15) is 6.04 Å². The fraction of sp³-hybridized carbons (Fsp3) is 0.417. The molecule has 108 valence electrons. The number of hydrogen-bond donors (Lipinski definition) is 3. The van der Waals surface area contributed by atoms with Crippen LogP contribution in [0.4, 0.5) is 0 Å². The Morgan fingerprint density at radius 2 is 1.90 bits per heavy atom. The van der Waals surface area contributed by atoms with Crippen LogP contribution in [-0.4, -0.2) is 44.3 Å². The minimum absolute atomic E-state index is 0.188. The number of nitrogens with zero attached hydrogens (tertiary/aromatic N) is 2. The maximum atomic E-state index is 12.0. The lowest BCUT2D eigenvalue weighted by Crippen LogP contribution is -2.41. The van der Waals surface area contributed by atoms with Crippen molar-refractivity contribution >= 4 is 17.8 Å². The number of carbonyl (C=O) groups is 3. The molecule has 8 nitrogen and oxygen atoms in total. The highest BCUT2D eigenvalue weighted by Crippen LogP contribution is 2.07. The predicted octanol–water partition coefficient (Wildman–Crippen LogP) is 0.141. The molecule has 1 unspecified atom stereocenters. The summed E-state index contributed by atoms with van der Waals surface area (Å²) in [4.78, 5) is 33.4. The number of carboxylic acid groups (broad SMARTS) is 2. The summed E-state index contributed by atoms with van der Waals surface area (Å²) in [6.07, 6.45) is -0.531. The molecule has 8 heteroatoms. The van der Waals surface area contributed by atoms with Crippen LogP contribution in [0.2, 0.25) is 0 Å². The third-order valence-electron chi connectivity index (χ3n) is 2.60. The lowest BCUT2D eigenvalue weighted by molar-refractivity contribution is -0.140. The number of amides is 1. The van der Waals surface area contributed by atoms with Crippen molar-refractivity contribution in [2.24, 2.45) is 0 Å². The van der Waals surface area contributed by atoms with Gasteiger partial charge in [-0.25, -0.2) is 4.79 Å². The molecule has 20 heavy (non-hydrogen) atoms. The van der Waals surface area contributed by atoms with E-state index in [1.807, 2.05) is 0 Å². The molecule has 0 aromatic carbocycles. The van der Waals surface area contributed by atoms with Crippen molar-refractivity contribution in [3.05, 3.63) is 23.0 Å². The third kappa shape index (κ3) is 4.30. The first-order valence-corrected chi connectivity index (χ1v) is 5.87. The Kier molecular flexibility index (Phi) is 5.13. The van der Waals surface area contributed by atoms with Gasteiger partial charge in [-0.3, -0.25) is 9.59 Å². The highest BCUT2D eigenvalue weighted by Gasteiger charge is 2.22. The van der Waals surface area contributed by atoms with Crippen molar-refractivity contribution in [2.45, 2.75) is 32.7 Å². The fourth-order valence-electron chi connectivity index (χ4n) is 1.54. The summed E-state index contributed by atoms with van der Waals surface area (Å²) in [5, 5.41) is 27.4. The standard InChI is InChI=1S/C12H15N3O5/c1-6-5-8(7(2)15-14-6)11(18)13-9(12(19)20)3-4-10(16)17/h5,9H,3-4H2,1-2H3,(H,13,18)(H,16,17)(H,19,20). The predicted molar refractivity (Wildman–Crippen MR) is 67.3 cm³/mol. The molecule has 1 heterocycles. The SMILES string of the molecule is Cc1cc(C(=O)NC(CCC(=O)O)C(=O)O)c(C)nn1. The Bertz CT molecular complexity index is 544. The quantitative estimate of drug-likeness (QED) is 0.676. The molecule has 1 aromatic rings. The van der Waals surface area contributed by atoms with Gasteiger partial charge in [-0.2, -0.15) is 10.2 Å². The van der Waals surface area contributed by atoms with Crippen LogP contribution >= 0.6 is 0 Å². The lowest BCUT2D eigenvalue weighted by Gasteiger charge is -2.14. The monoisotopic (exact) mass is 281 g/mol. The Labute approximate surface area is 114 Å². The first kappa shape index (κ1) is 15.5. The van der Waals surface area contributed by atoms with Gasteiger partial charge in [-0.15, -0.1) is 0 Å². The maximum Gasteiger partial charge on any atom is 0.326 e. The van der Waals surface area contributed by atoms with Crippen LogP contribution in [0.25, 0.3) is 0 Å². The van der Waals surface area contributed by atoms with Gasteiger partial charge >= 0.3 is 11.9 Å². The second kappa shape index (κ2) is 6.60. The van der Waals surface area contributed by atoms with Crippen LogP contribution < -0.4 is 5.32 Å². The smallest absolute Gasteiger partial charge is 0.326 e. The van der Waals surface area contributed by atoms with Crippen LogP contribution in [0, 0.1) is 13.8 Å². The van der Waals surface area contributed by atoms with E-state index in [0.29, 0.717) is 11.4 Å². The lowest BCUT2D eigenvalue weighted by atomic mass is 10.1. The van der Waals surface area contributed by atoms with Gasteiger partial charge in [0.25, 0.3) is 5.91 Å². The van der Waals surface area contributed by atoms with Crippen LogP contribution in [-0.2, 0) is 9.59 Å². The minimum Gasteiger partial charge on any atom is -0.481 e. The number of aliphatic carboxylic acids is 2. The molecule has 1 aromatic heterocycles. The van der Waals surface area contributed by atoms with Crippen LogP contribution in [0.5, 0.6) is 0 Å². The Morgan fingerprint density at radius 3 is 2.45 bits per heavy atom. The number of aromatic nitrogens is 2. The molecule has 1 atom stereocenters. The Morgan fingerprint density at radius 1 is 1.25 bits per heavy atom. The summed E-state index contributed by atoms with van der Waals surface area (Å²) < 4.78 is 0. The van der Waals surface area contributed by atoms with E-state index in [2.05, 4.69) is 15.5 Å². The van der Waals surface area contributed by atoms with E-state index < -0.39 is 23.9 Å². The van der Waals surface area contributed by atoms with E-state index in [4.69, 9.17) is 10.2 Å². The second-order valence-electron chi connectivity index (χ2n) is 4.28. The molecule has 0 radical (unpaired) electrons. The fourth-order valence-corrected chi connectivity index (χ4v) is 1.54. The van der Waals surface area contributed by atoms with Crippen molar-refractivity contribution < 1.29 is 24.6 Å². The van der Waals surface area contributed by atoms with E-state index in [1.54, 1.807) is 13.8 Å². The summed E-state index contributed by atoms with van der Waals surface area (Å²) >= 11 is 0. The highest BCUT2D eigenvalue weighted by molar-refractivity contribution is 5.97. The molecular formula is C12H15N3O5. The zero-order valence-electron chi connectivity index (χ0n) is 11.1. The molecule has 0 saturated heterocycles. The van der Waals surface area contributed by atoms with Crippen LogP contribution in [0.15, 0.2) is 6.07 Å². The zero-order chi connectivity index (χ0) is 15.3. The molecular weight excluding hydrogens is 266 g/mol. The number of hydrogen-bond acceptors (Lipinski definition) is 5. The van der Waals surface area contributed by atoms with E-state index in [-0.39, 0.29) is 18.4 Å². The number of aryl methyl sites for hydroxylation is 2. The topological polar surface area (TPSA) is 129 Å². The molecule has 0 bridgehead atoms. The first-order valence-electron chi connectivity index (χ1n) is 5.87. The largest absolute Gasteiger partial charge is 0.481 e. The summed E-state index contributed by atoms with van der Waals surface area (Å²) in [5.74, 6) is -3.02. The number of carboxylic acids is 2. The second-order valence-corrected chi connectivity index (χ2v) is 4.28. The maximum absolute atomic E-state index is 12.0. The van der Waals surface area contributed by atoms with E-state index in [9.17, 15) is 14.4 Å². The van der Waals surface area contributed by atoms with E-state index in [1.165, 1.54) is 6.07 Å². The third-order valence-corrected chi connectivity index (χ3v) is 2.60. The summed E-state index contributed by atoms with van der Waals surface area (Å²) in [6.45, 7) is 3.23. The number of carbonyl (C=O) groups excluding carboxylic acids is 1. The van der Waals surface area contributed by atoms with Crippen molar-refractivity contribution in [1.29, 1.82) is 0 Å². The molecule has 0 saturated carbocycles. The Balaban J connectivity index is 2.82. The molecule has 0 fully saturated rings. The summed E-state index contributed by atoms with van der Waals surface area (Å²) in [7, 11) is 0. The summed E-state index contributed by atoms with van der Waals surface area (Å²) in [6, 6.07) is 0.236. The van der Waals surface area contributed by atoms with Crippen molar-refractivity contribution in [2.75, 3.05) is 0 Å². The average molecular weight is 281 g/mol. The van der Waals surface area contributed by atoms with E-state index in [0.717, 1.165) is 0 Å². The molecule has 0 aliphatic carbocycles. The molecule has 1 amide bonds. The summed E-state index contributed by atoms with van der Waals surface area (Å²) in [5.41, 5.74) is 1.12. The first-order chi connectivity index (χ1) is 9.31. The normalized spacial score (nSPS) is 11.7. The Hall–Kier alpha value is -2.51. The average Bonchev–Trinajstić information content (AvgIpc) is 2.36. The molecule has 0 spiro atoms.